The number of hydrogen-bond donors (Lipinski definition) is 0. The lowest BCUT2D eigenvalue weighted by Crippen LogP contribution is -2.09. The average molecular weight is 906 g/mol. The largest absolute Gasteiger partial charge is 0.310 e. The van der Waals surface area contributed by atoms with Gasteiger partial charge in [0.1, 0.15) is 0 Å². The predicted octanol–water partition coefficient (Wildman–Crippen LogP) is 17.5. The molecule has 0 unspecified atom stereocenters. The summed E-state index contributed by atoms with van der Waals surface area (Å²) in [6, 6.07) is 95.2. The van der Waals surface area contributed by atoms with Crippen LogP contribution in [0.4, 0.5) is 17.1 Å². The van der Waals surface area contributed by atoms with E-state index >= 15 is 0 Å². The lowest BCUT2D eigenvalue weighted by atomic mass is 10.1. The van der Waals surface area contributed by atoms with Crippen LogP contribution in [0.2, 0.25) is 0 Å². The molecule has 4 aromatic heterocycles. The molecule has 332 valence electrons. The smallest absolute Gasteiger partial charge is 0.0542 e. The van der Waals surface area contributed by atoms with Gasteiger partial charge in [-0.15, -0.1) is 0 Å². The van der Waals surface area contributed by atoms with E-state index in [2.05, 4.69) is 284 Å². The molecule has 0 saturated carbocycles. The van der Waals surface area contributed by atoms with Crippen molar-refractivity contribution >= 4 is 104 Å². The van der Waals surface area contributed by atoms with Crippen molar-refractivity contribution in [2.45, 2.75) is 0 Å². The minimum Gasteiger partial charge on any atom is -0.310 e. The maximum Gasteiger partial charge on any atom is 0.0542 e. The quantitative estimate of drug-likeness (QED) is 0.156. The predicted molar refractivity (Wildman–Crippen MR) is 298 cm³/mol. The first-order valence-electron chi connectivity index (χ1n) is 24.3. The van der Waals surface area contributed by atoms with Crippen molar-refractivity contribution in [1.82, 2.24) is 18.3 Å². The van der Waals surface area contributed by atoms with Crippen molar-refractivity contribution in [2.75, 3.05) is 4.90 Å². The van der Waals surface area contributed by atoms with Gasteiger partial charge in [-0.25, -0.2) is 0 Å². The second-order valence-corrected chi connectivity index (χ2v) is 18.6. The second-order valence-electron chi connectivity index (χ2n) is 18.6. The first kappa shape index (κ1) is 39.4. The number of rotatable bonds is 7. The molecule has 15 aromatic rings. The van der Waals surface area contributed by atoms with Crippen LogP contribution in [0.1, 0.15) is 0 Å². The average Bonchev–Trinajstić information content (AvgIpc) is 4.16. The van der Waals surface area contributed by atoms with E-state index in [4.69, 9.17) is 0 Å². The van der Waals surface area contributed by atoms with Crippen LogP contribution in [0.5, 0.6) is 0 Å². The first-order valence-corrected chi connectivity index (χ1v) is 24.3. The Morgan fingerprint density at radius 1 is 0.183 bits per heavy atom. The Hall–Kier alpha value is -9.58. The number of anilines is 3. The summed E-state index contributed by atoms with van der Waals surface area (Å²) in [4.78, 5) is 2.41. The Bertz CT molecular complexity index is 4300. The van der Waals surface area contributed by atoms with E-state index in [1.54, 1.807) is 0 Å². The fraction of sp³-hybridized carbons (Fsp3) is 0. The minimum atomic E-state index is 1.09. The third-order valence-corrected chi connectivity index (χ3v) is 14.7. The molecule has 11 aromatic carbocycles. The van der Waals surface area contributed by atoms with Gasteiger partial charge in [-0.05, 0) is 133 Å². The van der Waals surface area contributed by atoms with Gasteiger partial charge in [0.2, 0.25) is 0 Å². The SMILES string of the molecule is c1ccc(N(c2ccc3c(c2)c2ccccc2n3-c2ccc3c(c2)c2ccccc2n3-c2ccccc2)c2ccc3c(c2)c2ccccc2n3-c2ccc3c(c2)c2ccccc2n3-c2ccccc2)cc1. The number of fused-ring (bicyclic) bond motifs is 12. The fourth-order valence-electron chi connectivity index (χ4n) is 11.7. The van der Waals surface area contributed by atoms with Gasteiger partial charge in [-0.1, -0.05) is 127 Å². The summed E-state index contributed by atoms with van der Waals surface area (Å²) in [6.07, 6.45) is 0. The fourth-order valence-corrected chi connectivity index (χ4v) is 11.7. The molecule has 0 aliphatic carbocycles. The molecule has 0 amide bonds. The molecule has 0 aliphatic heterocycles. The Kier molecular flexibility index (Phi) is 8.59. The van der Waals surface area contributed by atoms with Gasteiger partial charge in [0.05, 0.1) is 44.1 Å². The summed E-state index contributed by atoms with van der Waals surface area (Å²) in [7, 11) is 0. The van der Waals surface area contributed by atoms with E-state index < -0.39 is 0 Å². The summed E-state index contributed by atoms with van der Waals surface area (Å²) >= 11 is 0. The highest BCUT2D eigenvalue weighted by molar-refractivity contribution is 6.15. The van der Waals surface area contributed by atoms with Crippen LogP contribution in [0.3, 0.4) is 0 Å². The van der Waals surface area contributed by atoms with E-state index in [0.29, 0.717) is 0 Å². The van der Waals surface area contributed by atoms with Gasteiger partial charge in [0.25, 0.3) is 0 Å². The van der Waals surface area contributed by atoms with Crippen molar-refractivity contribution in [1.29, 1.82) is 0 Å². The number of aromatic nitrogens is 4. The molecule has 0 atom stereocenters. The Morgan fingerprint density at radius 2 is 0.465 bits per heavy atom. The Morgan fingerprint density at radius 3 is 0.845 bits per heavy atom. The number of benzene rings is 11. The van der Waals surface area contributed by atoms with Gasteiger partial charge in [0, 0.05) is 82.9 Å². The summed E-state index contributed by atoms with van der Waals surface area (Å²) in [6.45, 7) is 0. The molecule has 5 heteroatoms. The standard InChI is InChI=1S/C66H43N5/c1-4-18-44(19-5-1)67(47-32-36-65-55(40-47)53-26-12-16-30-61(53)70(65)49-34-38-63-57(42-49)51-24-10-14-28-59(51)68(63)45-20-6-2-7-21-45)48-33-37-66-56(41-48)54-27-13-17-31-62(54)71(66)50-35-39-64-58(43-50)52-25-11-15-29-60(52)69(64)46-22-8-3-9-23-46/h1-43H. The van der Waals surface area contributed by atoms with Crippen molar-refractivity contribution in [3.05, 3.63) is 261 Å². The molecular weight excluding hydrogens is 863 g/mol. The molecule has 4 heterocycles. The van der Waals surface area contributed by atoms with E-state index in [-0.39, 0.29) is 0 Å². The monoisotopic (exact) mass is 905 g/mol. The van der Waals surface area contributed by atoms with Gasteiger partial charge >= 0.3 is 0 Å². The van der Waals surface area contributed by atoms with Gasteiger partial charge < -0.3 is 23.2 Å². The van der Waals surface area contributed by atoms with Crippen LogP contribution in [0.25, 0.3) is 110 Å². The number of hydrogen-bond acceptors (Lipinski definition) is 1. The molecule has 0 spiro atoms. The third-order valence-electron chi connectivity index (χ3n) is 14.7. The molecule has 0 N–H and O–H groups in total. The normalized spacial score (nSPS) is 11.9. The van der Waals surface area contributed by atoms with Crippen LogP contribution in [-0.4, -0.2) is 18.3 Å². The molecule has 5 nitrogen and oxygen atoms in total. The highest BCUT2D eigenvalue weighted by Crippen LogP contribution is 2.44. The van der Waals surface area contributed by atoms with E-state index in [1.807, 2.05) is 0 Å². The van der Waals surface area contributed by atoms with Crippen LogP contribution >= 0.6 is 0 Å². The Balaban J connectivity index is 0.892. The summed E-state index contributed by atoms with van der Waals surface area (Å²) in [5, 5.41) is 9.77. The van der Waals surface area contributed by atoms with E-state index in [0.717, 1.165) is 50.8 Å². The minimum absolute atomic E-state index is 1.09. The Labute approximate surface area is 409 Å². The summed E-state index contributed by atoms with van der Waals surface area (Å²) in [5.74, 6) is 0. The van der Waals surface area contributed by atoms with Crippen molar-refractivity contribution in [3.63, 3.8) is 0 Å². The highest BCUT2D eigenvalue weighted by Gasteiger charge is 2.22. The summed E-state index contributed by atoms with van der Waals surface area (Å²) in [5.41, 5.74) is 17.3. The van der Waals surface area contributed by atoms with Gasteiger partial charge in [-0.3, -0.25) is 0 Å². The molecule has 0 fully saturated rings. The first-order chi connectivity index (χ1) is 35.2. The topological polar surface area (TPSA) is 23.0 Å². The van der Waals surface area contributed by atoms with Crippen LogP contribution in [-0.2, 0) is 0 Å². The van der Waals surface area contributed by atoms with Crippen molar-refractivity contribution < 1.29 is 0 Å². The molecular formula is C66H43N5. The lowest BCUT2D eigenvalue weighted by Gasteiger charge is -2.26. The third kappa shape index (κ3) is 5.93. The van der Waals surface area contributed by atoms with E-state index in [1.165, 1.54) is 76.2 Å². The maximum atomic E-state index is 2.44. The maximum absolute atomic E-state index is 2.44. The molecule has 0 saturated heterocycles. The lowest BCUT2D eigenvalue weighted by molar-refractivity contribution is 1.16. The molecule has 71 heavy (non-hydrogen) atoms. The zero-order chi connectivity index (χ0) is 46.6. The molecule has 15 rings (SSSR count). The van der Waals surface area contributed by atoms with Crippen LogP contribution < -0.4 is 4.90 Å². The highest BCUT2D eigenvalue weighted by atomic mass is 15.1. The van der Waals surface area contributed by atoms with Gasteiger partial charge in [-0.2, -0.15) is 0 Å². The molecule has 0 aliphatic rings. The van der Waals surface area contributed by atoms with Crippen LogP contribution in [0, 0.1) is 0 Å². The number of para-hydroxylation sites is 7. The van der Waals surface area contributed by atoms with Crippen LogP contribution in [0.15, 0.2) is 261 Å². The zero-order valence-corrected chi connectivity index (χ0v) is 38.6. The zero-order valence-electron chi connectivity index (χ0n) is 38.6. The summed E-state index contributed by atoms with van der Waals surface area (Å²) < 4.78 is 9.64. The van der Waals surface area contributed by atoms with E-state index in [9.17, 15) is 0 Å². The molecule has 0 bridgehead atoms. The van der Waals surface area contributed by atoms with Crippen molar-refractivity contribution in [3.8, 4) is 22.7 Å². The second kappa shape index (κ2) is 15.5. The number of nitrogens with zero attached hydrogens (tertiary/aromatic N) is 5. The molecule has 0 radical (unpaired) electrons. The van der Waals surface area contributed by atoms with Crippen molar-refractivity contribution in [2.24, 2.45) is 0 Å². The van der Waals surface area contributed by atoms with Gasteiger partial charge in [0.15, 0.2) is 0 Å².